The van der Waals surface area contributed by atoms with Crippen LogP contribution in [0.3, 0.4) is 0 Å². The van der Waals surface area contributed by atoms with Crippen molar-refractivity contribution in [1.82, 2.24) is 14.7 Å². The zero-order chi connectivity index (χ0) is 24.2. The molecule has 1 fully saturated rings. The number of aromatic nitrogens is 2. The van der Waals surface area contributed by atoms with Crippen molar-refractivity contribution in [1.29, 1.82) is 0 Å². The monoisotopic (exact) mass is 474 g/mol. The van der Waals surface area contributed by atoms with Crippen molar-refractivity contribution in [2.75, 3.05) is 31.6 Å². The van der Waals surface area contributed by atoms with Gasteiger partial charge < -0.3 is 19.7 Å². The Kier molecular flexibility index (Phi) is 6.81. The zero-order valence-electron chi connectivity index (χ0n) is 20.0. The van der Waals surface area contributed by atoms with Gasteiger partial charge in [-0.3, -0.25) is 14.3 Å². The molecule has 0 atom stereocenters. The maximum absolute atomic E-state index is 13.2. The van der Waals surface area contributed by atoms with Gasteiger partial charge in [-0.15, -0.1) is 0 Å². The summed E-state index contributed by atoms with van der Waals surface area (Å²) in [5.41, 5.74) is 4.97. The Morgan fingerprint density at radius 1 is 1.09 bits per heavy atom. The minimum absolute atomic E-state index is 0.153. The second kappa shape index (κ2) is 10.3. The highest BCUT2D eigenvalue weighted by molar-refractivity contribution is 6.08. The minimum Gasteiger partial charge on any atom is -0.489 e. The molecule has 1 aliphatic heterocycles. The van der Waals surface area contributed by atoms with Gasteiger partial charge in [0.2, 0.25) is 0 Å². The van der Waals surface area contributed by atoms with E-state index in [1.165, 1.54) is 23.7 Å². The van der Waals surface area contributed by atoms with Crippen molar-refractivity contribution in [3.8, 4) is 5.75 Å². The number of aryl methyl sites for hydroxylation is 3. The molecule has 0 unspecified atom stereocenters. The Morgan fingerprint density at radius 3 is 2.74 bits per heavy atom. The van der Waals surface area contributed by atoms with E-state index in [1.54, 1.807) is 15.6 Å². The fourth-order valence-electron chi connectivity index (χ4n) is 4.66. The molecule has 3 aromatic rings. The smallest absolute Gasteiger partial charge is 0.274 e. The number of amides is 2. The number of hydrogen-bond donors (Lipinski definition) is 1. The van der Waals surface area contributed by atoms with E-state index in [1.807, 2.05) is 31.2 Å². The molecule has 2 aromatic carbocycles. The van der Waals surface area contributed by atoms with Gasteiger partial charge in [0.05, 0.1) is 25.1 Å². The maximum atomic E-state index is 13.2. The van der Waals surface area contributed by atoms with Crippen LogP contribution in [0.5, 0.6) is 5.75 Å². The summed E-state index contributed by atoms with van der Waals surface area (Å²) in [5.74, 6) is 0.397. The van der Waals surface area contributed by atoms with E-state index >= 15 is 0 Å². The molecule has 1 aromatic heterocycles. The van der Waals surface area contributed by atoms with E-state index in [0.717, 1.165) is 24.2 Å². The number of nitrogens with one attached hydrogen (secondary N) is 1. The molecule has 0 bridgehead atoms. The molecule has 8 nitrogen and oxygen atoms in total. The lowest BCUT2D eigenvalue weighted by atomic mass is 10.1. The summed E-state index contributed by atoms with van der Waals surface area (Å²) in [5, 5.41) is 7.19. The largest absolute Gasteiger partial charge is 0.489 e. The zero-order valence-corrected chi connectivity index (χ0v) is 20.0. The Labute approximate surface area is 204 Å². The highest BCUT2D eigenvalue weighted by atomic mass is 16.5. The van der Waals surface area contributed by atoms with Crippen LogP contribution < -0.4 is 10.1 Å². The van der Waals surface area contributed by atoms with Crippen molar-refractivity contribution >= 4 is 17.5 Å². The molecule has 5 rings (SSSR count). The number of hydrogen-bond acceptors (Lipinski definition) is 5. The topological polar surface area (TPSA) is 85.7 Å². The van der Waals surface area contributed by atoms with E-state index in [2.05, 4.69) is 22.5 Å². The molecule has 1 saturated heterocycles. The van der Waals surface area contributed by atoms with Crippen LogP contribution in [0.1, 0.15) is 50.9 Å². The number of ether oxygens (including phenoxy) is 2. The third-order valence-electron chi connectivity index (χ3n) is 6.55. The van der Waals surface area contributed by atoms with Gasteiger partial charge in [0, 0.05) is 25.2 Å². The first-order valence-corrected chi connectivity index (χ1v) is 12.2. The van der Waals surface area contributed by atoms with Crippen molar-refractivity contribution in [2.24, 2.45) is 0 Å². The molecular weight excluding hydrogens is 444 g/mol. The Balaban J connectivity index is 1.28. The standard InChI is InChI=1S/C27H30N4O4/c1-2-31-25(27(33)30-11-13-34-14-12-30)24(17-28-31)29-26(32)22-8-3-5-19(15-22)18-35-23-10-9-20-6-4-7-21(20)16-23/h3,5,8-10,15-17H,2,4,6-7,11-14,18H2,1H3,(H,29,32). The molecule has 182 valence electrons. The van der Waals surface area contributed by atoms with Crippen LogP contribution in [0.2, 0.25) is 0 Å². The quantitative estimate of drug-likeness (QED) is 0.565. The van der Waals surface area contributed by atoms with E-state index < -0.39 is 0 Å². The summed E-state index contributed by atoms with van der Waals surface area (Å²) in [6, 6.07) is 13.6. The van der Waals surface area contributed by atoms with Crippen LogP contribution in [0, 0.1) is 0 Å². The number of nitrogens with zero attached hydrogens (tertiary/aromatic N) is 3. The fraction of sp³-hybridized carbons (Fsp3) is 0.370. The molecule has 8 heteroatoms. The lowest BCUT2D eigenvalue weighted by Crippen LogP contribution is -2.41. The molecule has 1 N–H and O–H groups in total. The Hall–Kier alpha value is -3.65. The molecule has 2 amide bonds. The van der Waals surface area contributed by atoms with Gasteiger partial charge in [-0.25, -0.2) is 0 Å². The van der Waals surface area contributed by atoms with Crippen LogP contribution >= 0.6 is 0 Å². The van der Waals surface area contributed by atoms with E-state index in [4.69, 9.17) is 9.47 Å². The van der Waals surface area contributed by atoms with Crippen molar-refractivity contribution < 1.29 is 19.1 Å². The van der Waals surface area contributed by atoms with Gasteiger partial charge >= 0.3 is 0 Å². The SMILES string of the molecule is CCn1ncc(NC(=O)c2cccc(COc3ccc4c(c3)CCC4)c2)c1C(=O)N1CCOCC1. The maximum Gasteiger partial charge on any atom is 0.274 e. The molecule has 2 heterocycles. The Morgan fingerprint density at radius 2 is 1.91 bits per heavy atom. The number of fused-ring (bicyclic) bond motifs is 1. The van der Waals surface area contributed by atoms with Gasteiger partial charge in [-0.2, -0.15) is 5.10 Å². The average molecular weight is 475 g/mol. The van der Waals surface area contributed by atoms with Gasteiger partial charge in [0.1, 0.15) is 18.1 Å². The minimum atomic E-state index is -0.295. The fourth-order valence-corrected chi connectivity index (χ4v) is 4.66. The first kappa shape index (κ1) is 23.1. The lowest BCUT2D eigenvalue weighted by molar-refractivity contribution is 0.0295. The first-order valence-electron chi connectivity index (χ1n) is 12.2. The summed E-state index contributed by atoms with van der Waals surface area (Å²) < 4.78 is 13.0. The third kappa shape index (κ3) is 5.07. The summed E-state index contributed by atoms with van der Waals surface area (Å²) in [6.07, 6.45) is 4.99. The predicted octanol–water partition coefficient (Wildman–Crippen LogP) is 3.70. The van der Waals surface area contributed by atoms with Crippen LogP contribution in [0.15, 0.2) is 48.7 Å². The number of rotatable bonds is 7. The molecule has 0 saturated carbocycles. The van der Waals surface area contributed by atoms with E-state index in [9.17, 15) is 9.59 Å². The van der Waals surface area contributed by atoms with Crippen LogP contribution in [-0.2, 0) is 30.7 Å². The summed E-state index contributed by atoms with van der Waals surface area (Å²) in [7, 11) is 0. The van der Waals surface area contributed by atoms with Gasteiger partial charge in [0.25, 0.3) is 11.8 Å². The number of anilines is 1. The number of morpholine rings is 1. The summed E-state index contributed by atoms with van der Waals surface area (Å²) in [6.45, 7) is 4.87. The van der Waals surface area contributed by atoms with E-state index in [0.29, 0.717) is 56.4 Å². The van der Waals surface area contributed by atoms with Crippen LogP contribution in [0.4, 0.5) is 5.69 Å². The van der Waals surface area contributed by atoms with Gasteiger partial charge in [-0.05, 0) is 67.1 Å². The highest BCUT2D eigenvalue weighted by Crippen LogP contribution is 2.26. The molecular formula is C27H30N4O4. The van der Waals surface area contributed by atoms with Gasteiger partial charge in [0.15, 0.2) is 0 Å². The number of carbonyl (C=O) groups is 2. The summed E-state index contributed by atoms with van der Waals surface area (Å²) in [4.78, 5) is 28.0. The predicted molar refractivity (Wildman–Crippen MR) is 132 cm³/mol. The normalized spacial score (nSPS) is 15.1. The van der Waals surface area contributed by atoms with Gasteiger partial charge in [-0.1, -0.05) is 18.2 Å². The van der Waals surface area contributed by atoms with Crippen molar-refractivity contribution in [3.63, 3.8) is 0 Å². The highest BCUT2D eigenvalue weighted by Gasteiger charge is 2.26. The van der Waals surface area contributed by atoms with E-state index in [-0.39, 0.29) is 11.8 Å². The van der Waals surface area contributed by atoms with Crippen molar-refractivity contribution in [2.45, 2.75) is 39.3 Å². The number of benzene rings is 2. The van der Waals surface area contributed by atoms with Crippen LogP contribution in [-0.4, -0.2) is 52.8 Å². The lowest BCUT2D eigenvalue weighted by Gasteiger charge is -2.27. The second-order valence-electron chi connectivity index (χ2n) is 8.85. The van der Waals surface area contributed by atoms with Crippen LogP contribution in [0.25, 0.3) is 0 Å². The Bertz CT molecular complexity index is 1230. The molecule has 0 spiro atoms. The third-order valence-corrected chi connectivity index (χ3v) is 6.55. The molecule has 2 aliphatic rings. The molecule has 35 heavy (non-hydrogen) atoms. The van der Waals surface area contributed by atoms with Crippen molar-refractivity contribution in [3.05, 3.63) is 76.6 Å². The second-order valence-corrected chi connectivity index (χ2v) is 8.85. The molecule has 0 radical (unpaired) electrons. The average Bonchev–Trinajstić information content (AvgIpc) is 3.54. The number of carbonyl (C=O) groups excluding carboxylic acids is 2. The molecule has 1 aliphatic carbocycles. The summed E-state index contributed by atoms with van der Waals surface area (Å²) >= 11 is 0. The first-order chi connectivity index (χ1) is 17.1.